The molecule has 160 valence electrons. The molecule has 4 aromatic rings. The zero-order valence-corrected chi connectivity index (χ0v) is 17.5. The molecule has 0 saturated heterocycles. The van der Waals surface area contributed by atoms with Crippen molar-refractivity contribution < 1.29 is 18.4 Å². The fourth-order valence-corrected chi connectivity index (χ4v) is 4.24. The lowest BCUT2D eigenvalue weighted by Crippen LogP contribution is -2.16. The maximum absolute atomic E-state index is 13.5. The Labute approximate surface area is 178 Å². The molecule has 4 rings (SSSR count). The predicted octanol–water partition coefficient (Wildman–Crippen LogP) is 3.03. The van der Waals surface area contributed by atoms with Crippen molar-refractivity contribution in [3.63, 3.8) is 0 Å². The normalized spacial score (nSPS) is 11.4. The van der Waals surface area contributed by atoms with Crippen molar-refractivity contribution in [1.82, 2.24) is 24.5 Å². The molecule has 31 heavy (non-hydrogen) atoms. The van der Waals surface area contributed by atoms with Crippen molar-refractivity contribution in [2.45, 2.75) is 13.3 Å². The molecule has 0 bridgehead atoms. The molecular formula is C19H17F2N7O2S. The molecule has 0 saturated carbocycles. The molecule has 0 fully saturated rings. The highest BCUT2D eigenvalue weighted by molar-refractivity contribution is 7.21. The van der Waals surface area contributed by atoms with E-state index in [2.05, 4.69) is 20.5 Å². The van der Waals surface area contributed by atoms with Crippen LogP contribution >= 0.6 is 11.3 Å². The van der Waals surface area contributed by atoms with Gasteiger partial charge in [0, 0.05) is 36.9 Å². The number of hydrogen-bond donors (Lipinski definition) is 2. The highest BCUT2D eigenvalue weighted by Gasteiger charge is 2.26. The quantitative estimate of drug-likeness (QED) is 0.489. The summed E-state index contributed by atoms with van der Waals surface area (Å²) in [5, 5.41) is 11.2. The monoisotopic (exact) mass is 445 g/mol. The smallest absolute Gasteiger partial charge is 0.280 e. The topological polar surface area (TPSA) is 121 Å². The molecule has 0 aromatic carbocycles. The van der Waals surface area contributed by atoms with Gasteiger partial charge in [-0.15, -0.1) is 11.3 Å². The number of alkyl halides is 2. The number of nitrogens with zero attached hydrogens (tertiary/aromatic N) is 5. The average molecular weight is 445 g/mol. The molecule has 3 N–H and O–H groups in total. The molecule has 0 aliphatic rings. The average Bonchev–Trinajstić information content (AvgIpc) is 3.39. The van der Waals surface area contributed by atoms with E-state index >= 15 is 0 Å². The first-order valence-corrected chi connectivity index (χ1v) is 9.83. The summed E-state index contributed by atoms with van der Waals surface area (Å²) in [6, 6.07) is 1.24. The van der Waals surface area contributed by atoms with Crippen LogP contribution in [0.5, 0.6) is 0 Å². The molecule has 4 heterocycles. The van der Waals surface area contributed by atoms with Crippen LogP contribution < -0.4 is 11.1 Å². The highest BCUT2D eigenvalue weighted by Crippen LogP contribution is 2.43. The van der Waals surface area contributed by atoms with E-state index in [1.807, 2.05) is 0 Å². The minimum atomic E-state index is -2.83. The first-order valence-electron chi connectivity index (χ1n) is 9.01. The Morgan fingerprint density at radius 2 is 1.94 bits per heavy atom. The van der Waals surface area contributed by atoms with Gasteiger partial charge in [0.05, 0.1) is 23.6 Å². The van der Waals surface area contributed by atoms with Gasteiger partial charge in [0.15, 0.2) is 0 Å². The maximum atomic E-state index is 13.5. The number of carbonyl (C=O) groups is 2. The van der Waals surface area contributed by atoms with Crippen LogP contribution in [0.1, 0.15) is 37.8 Å². The van der Waals surface area contributed by atoms with Crippen LogP contribution in [0.3, 0.4) is 0 Å². The second kappa shape index (κ2) is 7.54. The van der Waals surface area contributed by atoms with Gasteiger partial charge in [-0.25, -0.2) is 13.8 Å². The standard InChI is InChI=1S/C19H17F2N7O2S/c1-8-11(6-24-28(8)3)10-4-12(16(20)21)25-19-13(10)14(15(31-19)17(22)29)26-18(30)9-5-23-27(2)7-9/h4-7,16H,1-3H3,(H2,22,29)(H,26,30). The van der Waals surface area contributed by atoms with E-state index in [-0.39, 0.29) is 21.0 Å². The van der Waals surface area contributed by atoms with Crippen LogP contribution in [0.4, 0.5) is 14.5 Å². The van der Waals surface area contributed by atoms with Gasteiger partial charge in [0.1, 0.15) is 15.4 Å². The van der Waals surface area contributed by atoms with Crippen LogP contribution in [0, 0.1) is 6.92 Å². The summed E-state index contributed by atoms with van der Waals surface area (Å²) in [6.45, 7) is 1.78. The largest absolute Gasteiger partial charge is 0.365 e. The number of anilines is 1. The lowest BCUT2D eigenvalue weighted by Gasteiger charge is -2.10. The first-order chi connectivity index (χ1) is 14.7. The summed E-state index contributed by atoms with van der Waals surface area (Å²) < 4.78 is 30.1. The summed E-state index contributed by atoms with van der Waals surface area (Å²) in [4.78, 5) is 29.1. The van der Waals surface area contributed by atoms with Crippen molar-refractivity contribution in [3.8, 4) is 11.1 Å². The number of carbonyl (C=O) groups excluding carboxylic acids is 2. The molecule has 0 atom stereocenters. The van der Waals surface area contributed by atoms with Gasteiger partial charge in [-0.1, -0.05) is 0 Å². The van der Waals surface area contributed by atoms with Gasteiger partial charge < -0.3 is 11.1 Å². The number of pyridine rings is 1. The SMILES string of the molecule is Cc1c(-c2cc(C(F)F)nc3sc(C(N)=O)c(NC(=O)c4cnn(C)c4)c23)cnn1C. The van der Waals surface area contributed by atoms with Gasteiger partial charge in [-0.05, 0) is 18.6 Å². The van der Waals surface area contributed by atoms with E-state index < -0.39 is 23.9 Å². The van der Waals surface area contributed by atoms with E-state index in [1.54, 1.807) is 25.7 Å². The number of aromatic nitrogens is 5. The van der Waals surface area contributed by atoms with Crippen LogP contribution in [-0.2, 0) is 14.1 Å². The van der Waals surface area contributed by atoms with Crippen LogP contribution in [-0.4, -0.2) is 36.4 Å². The fraction of sp³-hybridized carbons (Fsp3) is 0.211. The summed E-state index contributed by atoms with van der Waals surface area (Å²) in [6.07, 6.45) is 1.58. The Morgan fingerprint density at radius 3 is 2.48 bits per heavy atom. The Hall–Kier alpha value is -3.67. The van der Waals surface area contributed by atoms with Crippen molar-refractivity contribution in [3.05, 3.63) is 46.5 Å². The zero-order valence-electron chi connectivity index (χ0n) is 16.7. The maximum Gasteiger partial charge on any atom is 0.280 e. The second-order valence-electron chi connectivity index (χ2n) is 6.87. The van der Waals surface area contributed by atoms with Gasteiger partial charge in [-0.2, -0.15) is 10.2 Å². The molecule has 0 radical (unpaired) electrons. The molecule has 2 amide bonds. The third kappa shape index (κ3) is 3.54. The number of thiophene rings is 1. The van der Waals surface area contributed by atoms with Gasteiger partial charge >= 0.3 is 0 Å². The molecule has 0 spiro atoms. The van der Waals surface area contributed by atoms with Crippen molar-refractivity contribution in [2.75, 3.05) is 5.32 Å². The van der Waals surface area contributed by atoms with Crippen molar-refractivity contribution in [1.29, 1.82) is 0 Å². The fourth-order valence-electron chi connectivity index (χ4n) is 3.22. The van der Waals surface area contributed by atoms with Crippen LogP contribution in [0.15, 0.2) is 24.7 Å². The number of hydrogen-bond acceptors (Lipinski definition) is 6. The Balaban J connectivity index is 1.99. The lowest BCUT2D eigenvalue weighted by atomic mass is 10.0. The summed E-state index contributed by atoms with van der Waals surface area (Å²) >= 11 is 0.846. The van der Waals surface area contributed by atoms with Crippen LogP contribution in [0.2, 0.25) is 0 Å². The van der Waals surface area contributed by atoms with Crippen LogP contribution in [0.25, 0.3) is 21.3 Å². The minimum Gasteiger partial charge on any atom is -0.365 e. The summed E-state index contributed by atoms with van der Waals surface area (Å²) in [7, 11) is 3.38. The first kappa shape index (κ1) is 20.6. The number of halogens is 2. The number of nitrogens with two attached hydrogens (primary N) is 1. The van der Waals surface area contributed by atoms with E-state index in [0.717, 1.165) is 11.3 Å². The van der Waals surface area contributed by atoms with Crippen molar-refractivity contribution in [2.24, 2.45) is 19.8 Å². The number of aryl methyl sites for hydroxylation is 2. The van der Waals surface area contributed by atoms with Gasteiger partial charge in [0.2, 0.25) is 0 Å². The van der Waals surface area contributed by atoms with E-state index in [1.165, 1.54) is 29.3 Å². The Morgan fingerprint density at radius 1 is 1.19 bits per heavy atom. The highest BCUT2D eigenvalue weighted by atomic mass is 32.1. The number of primary amides is 1. The molecule has 9 nitrogen and oxygen atoms in total. The molecule has 0 unspecified atom stereocenters. The lowest BCUT2D eigenvalue weighted by molar-refractivity contribution is 0.100. The molecule has 0 aliphatic heterocycles. The Bertz CT molecular complexity index is 1340. The molecule has 4 aromatic heterocycles. The third-order valence-electron chi connectivity index (χ3n) is 4.86. The second-order valence-corrected chi connectivity index (χ2v) is 7.87. The van der Waals surface area contributed by atoms with E-state index in [4.69, 9.17) is 5.73 Å². The summed E-state index contributed by atoms with van der Waals surface area (Å²) in [5.74, 6) is -1.33. The number of rotatable bonds is 5. The molecule has 12 heteroatoms. The predicted molar refractivity (Wildman–Crippen MR) is 111 cm³/mol. The number of fused-ring (bicyclic) bond motifs is 1. The van der Waals surface area contributed by atoms with Gasteiger partial charge in [-0.3, -0.25) is 19.0 Å². The minimum absolute atomic E-state index is 0.00829. The number of nitrogens with one attached hydrogen (secondary N) is 1. The Kier molecular flexibility index (Phi) is 5.01. The summed E-state index contributed by atoms with van der Waals surface area (Å²) in [5.41, 5.74) is 7.11. The zero-order chi connectivity index (χ0) is 22.4. The molecular weight excluding hydrogens is 428 g/mol. The third-order valence-corrected chi connectivity index (χ3v) is 5.96. The van der Waals surface area contributed by atoms with E-state index in [0.29, 0.717) is 22.2 Å². The van der Waals surface area contributed by atoms with Gasteiger partial charge in [0.25, 0.3) is 18.2 Å². The van der Waals surface area contributed by atoms with Crippen molar-refractivity contribution >= 4 is 39.1 Å². The van der Waals surface area contributed by atoms with E-state index in [9.17, 15) is 18.4 Å². The molecule has 0 aliphatic carbocycles. The number of amides is 2.